The Morgan fingerprint density at radius 1 is 1.18 bits per heavy atom. The molecule has 6 heteroatoms. The van der Waals surface area contributed by atoms with Gasteiger partial charge in [0, 0.05) is 41.1 Å². The molecule has 0 saturated carbocycles. The fraction of sp³-hybridized carbons (Fsp3) is 0.0625. The summed E-state index contributed by atoms with van der Waals surface area (Å²) in [7, 11) is 0. The molecular formula is C16H12BrN3O2. The van der Waals surface area contributed by atoms with Gasteiger partial charge in [-0.05, 0) is 29.8 Å². The molecule has 1 aromatic heterocycles. The molecule has 3 rings (SSSR count). The summed E-state index contributed by atoms with van der Waals surface area (Å²) in [4.78, 5) is 14.7. The predicted octanol–water partition coefficient (Wildman–Crippen LogP) is 4.27. The van der Waals surface area contributed by atoms with E-state index in [2.05, 4.69) is 27.0 Å². The van der Waals surface area contributed by atoms with Crippen molar-refractivity contribution in [3.8, 4) is 11.4 Å². The second-order valence-corrected chi connectivity index (χ2v) is 5.73. The van der Waals surface area contributed by atoms with Gasteiger partial charge in [0.05, 0.1) is 4.92 Å². The highest BCUT2D eigenvalue weighted by atomic mass is 79.9. The first-order chi connectivity index (χ1) is 10.6. The molecule has 22 heavy (non-hydrogen) atoms. The van der Waals surface area contributed by atoms with Gasteiger partial charge in [0.1, 0.15) is 5.82 Å². The smallest absolute Gasteiger partial charge is 0.269 e. The second kappa shape index (κ2) is 6.11. The fourth-order valence-electron chi connectivity index (χ4n) is 2.26. The summed E-state index contributed by atoms with van der Waals surface area (Å²) in [6.07, 6.45) is 3.63. The van der Waals surface area contributed by atoms with E-state index in [4.69, 9.17) is 0 Å². The highest BCUT2D eigenvalue weighted by molar-refractivity contribution is 9.10. The van der Waals surface area contributed by atoms with E-state index in [0.717, 1.165) is 21.4 Å². The maximum absolute atomic E-state index is 10.7. The van der Waals surface area contributed by atoms with Gasteiger partial charge < -0.3 is 4.57 Å². The minimum absolute atomic E-state index is 0.0776. The standard InChI is InChI=1S/C16H12BrN3O2/c17-14-3-1-2-12(10-14)11-19-9-8-18-16(19)13-4-6-15(7-5-13)20(21)22/h1-10H,11H2. The van der Waals surface area contributed by atoms with Gasteiger partial charge in [-0.1, -0.05) is 28.1 Å². The van der Waals surface area contributed by atoms with Crippen LogP contribution in [0.25, 0.3) is 11.4 Å². The summed E-state index contributed by atoms with van der Waals surface area (Å²) in [5.41, 5.74) is 2.08. The number of nitro benzene ring substituents is 1. The van der Waals surface area contributed by atoms with Crippen LogP contribution in [-0.4, -0.2) is 14.5 Å². The van der Waals surface area contributed by atoms with Crippen molar-refractivity contribution in [1.29, 1.82) is 0 Å². The van der Waals surface area contributed by atoms with Crippen LogP contribution in [-0.2, 0) is 6.54 Å². The molecule has 0 aliphatic heterocycles. The first-order valence-corrected chi connectivity index (χ1v) is 7.43. The molecule has 0 N–H and O–H groups in total. The van der Waals surface area contributed by atoms with Crippen LogP contribution in [0.2, 0.25) is 0 Å². The average molecular weight is 358 g/mol. The third kappa shape index (κ3) is 3.07. The van der Waals surface area contributed by atoms with Gasteiger partial charge in [-0.25, -0.2) is 4.98 Å². The predicted molar refractivity (Wildman–Crippen MR) is 87.6 cm³/mol. The first kappa shape index (κ1) is 14.5. The van der Waals surface area contributed by atoms with Crippen LogP contribution in [0.3, 0.4) is 0 Å². The van der Waals surface area contributed by atoms with Crippen LogP contribution in [0.1, 0.15) is 5.56 Å². The Hall–Kier alpha value is -2.47. The quantitative estimate of drug-likeness (QED) is 0.517. The van der Waals surface area contributed by atoms with Crippen LogP contribution in [0.5, 0.6) is 0 Å². The van der Waals surface area contributed by atoms with Crippen molar-refractivity contribution < 1.29 is 4.92 Å². The maximum atomic E-state index is 10.7. The number of hydrogen-bond donors (Lipinski definition) is 0. The van der Waals surface area contributed by atoms with Gasteiger partial charge >= 0.3 is 0 Å². The van der Waals surface area contributed by atoms with Crippen molar-refractivity contribution in [3.63, 3.8) is 0 Å². The molecule has 110 valence electrons. The van der Waals surface area contributed by atoms with Crippen molar-refractivity contribution >= 4 is 21.6 Å². The minimum Gasteiger partial charge on any atom is -0.327 e. The summed E-state index contributed by atoms with van der Waals surface area (Å²) in [5.74, 6) is 0.787. The van der Waals surface area contributed by atoms with E-state index in [1.807, 2.05) is 29.0 Å². The lowest BCUT2D eigenvalue weighted by atomic mass is 10.2. The summed E-state index contributed by atoms with van der Waals surface area (Å²) < 4.78 is 3.05. The summed E-state index contributed by atoms with van der Waals surface area (Å²) in [6, 6.07) is 14.5. The molecule has 0 aliphatic rings. The van der Waals surface area contributed by atoms with E-state index in [-0.39, 0.29) is 5.69 Å². The number of benzene rings is 2. The molecule has 1 heterocycles. The van der Waals surface area contributed by atoms with Crippen LogP contribution in [0.15, 0.2) is 65.4 Å². The maximum Gasteiger partial charge on any atom is 0.269 e. The van der Waals surface area contributed by atoms with Gasteiger partial charge in [-0.2, -0.15) is 0 Å². The number of nitrogens with zero attached hydrogens (tertiary/aromatic N) is 3. The highest BCUT2D eigenvalue weighted by Gasteiger charge is 2.09. The lowest BCUT2D eigenvalue weighted by Gasteiger charge is -2.08. The molecule has 5 nitrogen and oxygen atoms in total. The molecule has 3 aromatic rings. The molecule has 0 bridgehead atoms. The Morgan fingerprint density at radius 3 is 2.64 bits per heavy atom. The number of rotatable bonds is 4. The van der Waals surface area contributed by atoms with Crippen molar-refractivity contribution in [3.05, 3.63) is 81.1 Å². The van der Waals surface area contributed by atoms with Gasteiger partial charge in [-0.15, -0.1) is 0 Å². The minimum atomic E-state index is -0.405. The molecular weight excluding hydrogens is 346 g/mol. The number of halogens is 1. The molecule has 0 radical (unpaired) electrons. The zero-order valence-electron chi connectivity index (χ0n) is 11.5. The molecule has 0 fully saturated rings. The number of aromatic nitrogens is 2. The molecule has 0 amide bonds. The van der Waals surface area contributed by atoms with Crippen molar-refractivity contribution in [2.75, 3.05) is 0 Å². The number of nitro groups is 1. The van der Waals surface area contributed by atoms with E-state index in [1.54, 1.807) is 18.3 Å². The number of non-ortho nitro benzene ring substituents is 1. The largest absolute Gasteiger partial charge is 0.327 e. The van der Waals surface area contributed by atoms with Crippen molar-refractivity contribution in [1.82, 2.24) is 9.55 Å². The summed E-state index contributed by atoms with van der Waals surface area (Å²) >= 11 is 3.46. The third-order valence-corrected chi connectivity index (χ3v) is 3.79. The molecule has 0 aliphatic carbocycles. The van der Waals surface area contributed by atoms with Crippen molar-refractivity contribution in [2.24, 2.45) is 0 Å². The Bertz CT molecular complexity index is 812. The molecule has 0 saturated heterocycles. The Kier molecular flexibility index (Phi) is 4.02. The lowest BCUT2D eigenvalue weighted by Crippen LogP contribution is -2.01. The zero-order valence-corrected chi connectivity index (χ0v) is 13.1. The Labute approximate surface area is 135 Å². The summed E-state index contributed by atoms with van der Waals surface area (Å²) in [6.45, 7) is 0.686. The van der Waals surface area contributed by atoms with E-state index in [9.17, 15) is 10.1 Å². The molecule has 0 spiro atoms. The van der Waals surface area contributed by atoms with Gasteiger partial charge in [0.2, 0.25) is 0 Å². The number of hydrogen-bond acceptors (Lipinski definition) is 3. The van der Waals surface area contributed by atoms with Gasteiger partial charge in [-0.3, -0.25) is 10.1 Å². The third-order valence-electron chi connectivity index (χ3n) is 3.29. The van der Waals surface area contributed by atoms with Crippen LogP contribution in [0.4, 0.5) is 5.69 Å². The number of imidazole rings is 1. The normalized spacial score (nSPS) is 10.6. The van der Waals surface area contributed by atoms with Crippen LogP contribution in [0, 0.1) is 10.1 Å². The van der Waals surface area contributed by atoms with Gasteiger partial charge in [0.15, 0.2) is 0 Å². The molecule has 0 atom stereocenters. The molecule has 2 aromatic carbocycles. The summed E-state index contributed by atoms with van der Waals surface area (Å²) in [5, 5.41) is 10.7. The first-order valence-electron chi connectivity index (χ1n) is 6.64. The average Bonchev–Trinajstić information content (AvgIpc) is 2.95. The van der Waals surface area contributed by atoms with E-state index in [1.165, 1.54) is 12.1 Å². The van der Waals surface area contributed by atoms with Gasteiger partial charge in [0.25, 0.3) is 5.69 Å². The SMILES string of the molecule is O=[N+]([O-])c1ccc(-c2nccn2Cc2cccc(Br)c2)cc1. The zero-order chi connectivity index (χ0) is 15.5. The van der Waals surface area contributed by atoms with Crippen LogP contribution < -0.4 is 0 Å². The fourth-order valence-corrected chi connectivity index (χ4v) is 2.71. The van der Waals surface area contributed by atoms with Crippen molar-refractivity contribution in [2.45, 2.75) is 6.54 Å². The topological polar surface area (TPSA) is 61.0 Å². The molecule has 0 unspecified atom stereocenters. The van der Waals surface area contributed by atoms with E-state index < -0.39 is 4.92 Å². The highest BCUT2D eigenvalue weighted by Crippen LogP contribution is 2.22. The van der Waals surface area contributed by atoms with E-state index in [0.29, 0.717) is 6.54 Å². The van der Waals surface area contributed by atoms with E-state index >= 15 is 0 Å². The second-order valence-electron chi connectivity index (χ2n) is 4.81. The Morgan fingerprint density at radius 2 is 1.95 bits per heavy atom. The monoisotopic (exact) mass is 357 g/mol. The Balaban J connectivity index is 1.90. The van der Waals surface area contributed by atoms with Crippen LogP contribution >= 0.6 is 15.9 Å². The lowest BCUT2D eigenvalue weighted by molar-refractivity contribution is -0.384.